The van der Waals surface area contributed by atoms with Crippen molar-refractivity contribution >= 4 is 27.5 Å². The highest BCUT2D eigenvalue weighted by atomic mass is 35.5. The van der Waals surface area contributed by atoms with Gasteiger partial charge in [-0.25, -0.2) is 8.42 Å². The fourth-order valence-electron chi connectivity index (χ4n) is 3.15. The standard InChI is InChI=1S/C24H25ClN2O3S/c25-22-11-13-23(14-12-22)31(29,30)27(18-16-21-9-5-2-6-10-21)19-24(28)26-17-15-20-7-3-1-4-8-20/h1-14H,15-19H2,(H,26,28). The third kappa shape index (κ3) is 6.92. The summed E-state index contributed by atoms with van der Waals surface area (Å²) in [6.07, 6.45) is 1.19. The van der Waals surface area contributed by atoms with Gasteiger partial charge >= 0.3 is 0 Å². The van der Waals surface area contributed by atoms with E-state index in [0.717, 1.165) is 11.1 Å². The number of hydrogen-bond donors (Lipinski definition) is 1. The Bertz CT molecular complexity index is 1070. The number of carbonyl (C=O) groups is 1. The van der Waals surface area contributed by atoms with Crippen molar-refractivity contribution in [2.45, 2.75) is 17.7 Å². The fraction of sp³-hybridized carbons (Fsp3) is 0.208. The molecule has 3 aromatic rings. The number of hydrogen-bond acceptors (Lipinski definition) is 3. The molecule has 0 saturated heterocycles. The first-order valence-electron chi connectivity index (χ1n) is 10.1. The molecule has 0 bridgehead atoms. The first kappa shape index (κ1) is 23.0. The molecule has 162 valence electrons. The minimum absolute atomic E-state index is 0.113. The van der Waals surface area contributed by atoms with Crippen LogP contribution in [0.2, 0.25) is 5.02 Å². The Kier molecular flexibility index (Phi) is 8.23. The van der Waals surface area contributed by atoms with Crippen LogP contribution in [-0.4, -0.2) is 38.3 Å². The van der Waals surface area contributed by atoms with Crippen LogP contribution in [0.1, 0.15) is 11.1 Å². The van der Waals surface area contributed by atoms with Crippen LogP contribution in [0, 0.1) is 0 Å². The Morgan fingerprint density at radius 1 is 0.806 bits per heavy atom. The molecular weight excluding hydrogens is 432 g/mol. The topological polar surface area (TPSA) is 66.5 Å². The number of amides is 1. The molecule has 3 rings (SSSR count). The smallest absolute Gasteiger partial charge is 0.243 e. The van der Waals surface area contributed by atoms with Gasteiger partial charge in [-0.1, -0.05) is 72.3 Å². The maximum atomic E-state index is 13.2. The molecule has 1 N–H and O–H groups in total. The van der Waals surface area contributed by atoms with Crippen molar-refractivity contribution in [2.24, 2.45) is 0 Å². The summed E-state index contributed by atoms with van der Waals surface area (Å²) in [5.74, 6) is -0.332. The number of nitrogens with one attached hydrogen (secondary N) is 1. The van der Waals surface area contributed by atoms with E-state index >= 15 is 0 Å². The molecule has 0 saturated carbocycles. The third-order valence-electron chi connectivity index (χ3n) is 4.84. The molecule has 1 amide bonds. The van der Waals surface area contributed by atoms with Gasteiger partial charge in [0, 0.05) is 18.1 Å². The molecule has 0 unspecified atom stereocenters. The lowest BCUT2D eigenvalue weighted by molar-refractivity contribution is -0.121. The lowest BCUT2D eigenvalue weighted by Gasteiger charge is -2.22. The Balaban J connectivity index is 1.68. The summed E-state index contributed by atoms with van der Waals surface area (Å²) in [5.41, 5.74) is 2.11. The normalized spacial score (nSPS) is 11.4. The monoisotopic (exact) mass is 456 g/mol. The van der Waals surface area contributed by atoms with E-state index in [1.165, 1.54) is 28.6 Å². The maximum absolute atomic E-state index is 13.2. The average Bonchev–Trinajstić information content (AvgIpc) is 2.78. The van der Waals surface area contributed by atoms with Crippen LogP contribution in [0.25, 0.3) is 0 Å². The number of carbonyl (C=O) groups excluding carboxylic acids is 1. The second-order valence-electron chi connectivity index (χ2n) is 7.11. The number of nitrogens with zero attached hydrogens (tertiary/aromatic N) is 1. The van der Waals surface area contributed by atoms with Gasteiger partial charge < -0.3 is 5.32 Å². The van der Waals surface area contributed by atoms with Gasteiger partial charge in [0.25, 0.3) is 0 Å². The molecule has 0 atom stereocenters. The minimum atomic E-state index is -3.85. The lowest BCUT2D eigenvalue weighted by atomic mass is 10.1. The summed E-state index contributed by atoms with van der Waals surface area (Å²) in [7, 11) is -3.85. The second-order valence-corrected chi connectivity index (χ2v) is 9.49. The van der Waals surface area contributed by atoms with Crippen LogP contribution >= 0.6 is 11.6 Å². The van der Waals surface area contributed by atoms with Crippen LogP contribution < -0.4 is 5.32 Å². The van der Waals surface area contributed by atoms with Crippen LogP contribution in [0.4, 0.5) is 0 Å². The van der Waals surface area contributed by atoms with Crippen molar-refractivity contribution < 1.29 is 13.2 Å². The number of rotatable bonds is 10. The fourth-order valence-corrected chi connectivity index (χ4v) is 4.67. The largest absolute Gasteiger partial charge is 0.355 e. The van der Waals surface area contributed by atoms with Crippen molar-refractivity contribution in [1.82, 2.24) is 9.62 Å². The Labute approximate surface area is 188 Å². The first-order chi connectivity index (χ1) is 14.9. The van der Waals surface area contributed by atoms with E-state index in [1.807, 2.05) is 60.7 Å². The lowest BCUT2D eigenvalue weighted by Crippen LogP contribution is -2.42. The molecule has 0 heterocycles. The molecule has 3 aromatic carbocycles. The second kappa shape index (κ2) is 11.1. The summed E-state index contributed by atoms with van der Waals surface area (Å²) in [6.45, 7) is 0.393. The van der Waals surface area contributed by atoms with E-state index in [2.05, 4.69) is 5.32 Å². The molecule has 0 aromatic heterocycles. The zero-order chi connectivity index (χ0) is 22.1. The molecule has 7 heteroatoms. The Morgan fingerprint density at radius 3 is 1.94 bits per heavy atom. The average molecular weight is 457 g/mol. The van der Waals surface area contributed by atoms with Crippen molar-refractivity contribution in [3.63, 3.8) is 0 Å². The van der Waals surface area contributed by atoms with Gasteiger partial charge in [0.05, 0.1) is 11.4 Å². The predicted octanol–water partition coefficient (Wildman–Crippen LogP) is 3.93. The summed E-state index contributed by atoms with van der Waals surface area (Å²) in [6, 6.07) is 25.4. The van der Waals surface area contributed by atoms with E-state index < -0.39 is 10.0 Å². The van der Waals surface area contributed by atoms with Crippen LogP contribution in [0.15, 0.2) is 89.8 Å². The van der Waals surface area contributed by atoms with Gasteiger partial charge in [0.2, 0.25) is 15.9 Å². The molecule has 0 fully saturated rings. The molecule has 0 aliphatic rings. The highest BCUT2D eigenvalue weighted by molar-refractivity contribution is 7.89. The van der Waals surface area contributed by atoms with Crippen LogP contribution in [-0.2, 0) is 27.7 Å². The quantitative estimate of drug-likeness (QED) is 0.502. The zero-order valence-electron chi connectivity index (χ0n) is 17.1. The van der Waals surface area contributed by atoms with Gasteiger partial charge in [-0.15, -0.1) is 0 Å². The summed E-state index contributed by atoms with van der Waals surface area (Å²) < 4.78 is 27.6. The zero-order valence-corrected chi connectivity index (χ0v) is 18.6. The summed E-state index contributed by atoms with van der Waals surface area (Å²) >= 11 is 5.90. The number of sulfonamides is 1. The molecule has 0 spiro atoms. The molecule has 0 radical (unpaired) electrons. The van der Waals surface area contributed by atoms with E-state index in [4.69, 9.17) is 11.6 Å². The first-order valence-corrected chi connectivity index (χ1v) is 11.9. The van der Waals surface area contributed by atoms with Gasteiger partial charge in [-0.3, -0.25) is 4.79 Å². The van der Waals surface area contributed by atoms with Crippen molar-refractivity contribution in [2.75, 3.05) is 19.6 Å². The number of benzene rings is 3. The Morgan fingerprint density at radius 2 is 1.35 bits per heavy atom. The van der Waals surface area contributed by atoms with Gasteiger partial charge in [-0.2, -0.15) is 4.31 Å². The molecule has 5 nitrogen and oxygen atoms in total. The molecule has 0 aliphatic heterocycles. The van der Waals surface area contributed by atoms with Crippen molar-refractivity contribution in [1.29, 1.82) is 0 Å². The third-order valence-corrected chi connectivity index (χ3v) is 6.95. The SMILES string of the molecule is O=C(CN(CCc1ccccc1)S(=O)(=O)c1ccc(Cl)cc1)NCCc1ccccc1. The van der Waals surface area contributed by atoms with Gasteiger partial charge in [0.15, 0.2) is 0 Å². The molecular formula is C24H25ClN2O3S. The minimum Gasteiger partial charge on any atom is -0.355 e. The number of halogens is 1. The van der Waals surface area contributed by atoms with Gasteiger partial charge in [-0.05, 0) is 48.2 Å². The predicted molar refractivity (Wildman–Crippen MR) is 124 cm³/mol. The van der Waals surface area contributed by atoms with E-state index in [-0.39, 0.29) is 23.9 Å². The molecule has 31 heavy (non-hydrogen) atoms. The van der Waals surface area contributed by atoms with E-state index in [0.29, 0.717) is 24.4 Å². The van der Waals surface area contributed by atoms with Crippen LogP contribution in [0.3, 0.4) is 0 Å². The van der Waals surface area contributed by atoms with E-state index in [1.54, 1.807) is 0 Å². The summed E-state index contributed by atoms with van der Waals surface area (Å²) in [5, 5.41) is 3.28. The van der Waals surface area contributed by atoms with Crippen molar-refractivity contribution in [3.8, 4) is 0 Å². The summed E-state index contributed by atoms with van der Waals surface area (Å²) in [4.78, 5) is 12.7. The Hall–Kier alpha value is -2.67. The highest BCUT2D eigenvalue weighted by Gasteiger charge is 2.26. The van der Waals surface area contributed by atoms with Gasteiger partial charge in [0.1, 0.15) is 0 Å². The highest BCUT2D eigenvalue weighted by Crippen LogP contribution is 2.19. The van der Waals surface area contributed by atoms with E-state index in [9.17, 15) is 13.2 Å². The maximum Gasteiger partial charge on any atom is 0.243 e. The molecule has 0 aliphatic carbocycles. The van der Waals surface area contributed by atoms with Crippen LogP contribution in [0.5, 0.6) is 0 Å². The van der Waals surface area contributed by atoms with Crippen molar-refractivity contribution in [3.05, 3.63) is 101 Å².